The van der Waals surface area contributed by atoms with E-state index in [2.05, 4.69) is 11.4 Å². The quantitative estimate of drug-likeness (QED) is 0.829. The van der Waals surface area contributed by atoms with Gasteiger partial charge in [-0.05, 0) is 63.4 Å². The smallest absolute Gasteiger partial charge is 0.253 e. The highest BCUT2D eigenvalue weighted by molar-refractivity contribution is 6.31. The highest BCUT2D eigenvalue weighted by Crippen LogP contribution is 2.24. The zero-order valence-electron chi connectivity index (χ0n) is 16.0. The standard InChI is InChI=1S/C22H25ClN2O2/c1-14-9-15(2)11-18(10-14)22(27)25-8-4-5-17(13-25)21(26)24-19-7-6-16(3)20(23)12-19/h6-7,9-12,17H,4-5,8,13H2,1-3H3,(H,24,26). The number of amides is 2. The third kappa shape index (κ3) is 4.69. The van der Waals surface area contributed by atoms with Crippen LogP contribution in [-0.4, -0.2) is 29.8 Å². The van der Waals surface area contributed by atoms with Crippen LogP contribution in [0.2, 0.25) is 5.02 Å². The van der Waals surface area contributed by atoms with Crippen molar-refractivity contribution < 1.29 is 9.59 Å². The predicted molar refractivity (Wildman–Crippen MR) is 109 cm³/mol. The molecule has 2 aromatic carbocycles. The van der Waals surface area contributed by atoms with Crippen molar-refractivity contribution >= 4 is 29.1 Å². The summed E-state index contributed by atoms with van der Waals surface area (Å²) in [5.74, 6) is -0.279. The van der Waals surface area contributed by atoms with Crippen LogP contribution >= 0.6 is 11.6 Å². The Labute approximate surface area is 165 Å². The first-order valence-electron chi connectivity index (χ1n) is 9.28. The summed E-state index contributed by atoms with van der Waals surface area (Å²) >= 11 is 6.14. The van der Waals surface area contributed by atoms with Gasteiger partial charge in [-0.3, -0.25) is 9.59 Å². The first kappa shape index (κ1) is 19.4. The average molecular weight is 385 g/mol. The molecule has 1 unspecified atom stereocenters. The van der Waals surface area contributed by atoms with Crippen molar-refractivity contribution in [2.45, 2.75) is 33.6 Å². The molecule has 2 aromatic rings. The summed E-state index contributed by atoms with van der Waals surface area (Å²) < 4.78 is 0. The fourth-order valence-electron chi connectivity index (χ4n) is 3.57. The maximum Gasteiger partial charge on any atom is 0.253 e. The Morgan fingerprint density at radius 2 is 1.78 bits per heavy atom. The van der Waals surface area contributed by atoms with E-state index in [1.54, 1.807) is 11.0 Å². The maximum absolute atomic E-state index is 12.9. The van der Waals surface area contributed by atoms with Crippen LogP contribution in [0.4, 0.5) is 5.69 Å². The molecule has 1 N–H and O–H groups in total. The first-order valence-corrected chi connectivity index (χ1v) is 9.66. The van der Waals surface area contributed by atoms with Gasteiger partial charge in [-0.25, -0.2) is 0 Å². The Balaban J connectivity index is 1.68. The van der Waals surface area contributed by atoms with Crippen molar-refractivity contribution in [3.63, 3.8) is 0 Å². The van der Waals surface area contributed by atoms with Gasteiger partial charge in [0, 0.05) is 29.4 Å². The van der Waals surface area contributed by atoms with Gasteiger partial charge in [0.15, 0.2) is 0 Å². The van der Waals surface area contributed by atoms with Crippen molar-refractivity contribution in [2.75, 3.05) is 18.4 Å². The zero-order valence-corrected chi connectivity index (χ0v) is 16.8. The van der Waals surface area contributed by atoms with Gasteiger partial charge in [0.2, 0.25) is 5.91 Å². The maximum atomic E-state index is 12.9. The molecule has 1 atom stereocenters. The number of carbonyl (C=O) groups is 2. The van der Waals surface area contributed by atoms with Crippen LogP contribution in [0.5, 0.6) is 0 Å². The Kier molecular flexibility index (Phi) is 5.85. The Morgan fingerprint density at radius 3 is 2.44 bits per heavy atom. The van der Waals surface area contributed by atoms with Gasteiger partial charge < -0.3 is 10.2 Å². The van der Waals surface area contributed by atoms with Crippen molar-refractivity contribution in [1.29, 1.82) is 0 Å². The fraction of sp³-hybridized carbons (Fsp3) is 0.364. The molecule has 1 fully saturated rings. The molecule has 27 heavy (non-hydrogen) atoms. The molecule has 5 heteroatoms. The average Bonchev–Trinajstić information content (AvgIpc) is 2.63. The van der Waals surface area contributed by atoms with E-state index in [9.17, 15) is 9.59 Å². The van der Waals surface area contributed by atoms with E-state index in [1.807, 2.05) is 45.0 Å². The van der Waals surface area contributed by atoms with Crippen molar-refractivity contribution in [1.82, 2.24) is 4.90 Å². The summed E-state index contributed by atoms with van der Waals surface area (Å²) in [7, 11) is 0. The van der Waals surface area contributed by atoms with E-state index >= 15 is 0 Å². The molecule has 1 heterocycles. The summed E-state index contributed by atoms with van der Waals surface area (Å²) in [5, 5.41) is 3.56. The van der Waals surface area contributed by atoms with Gasteiger partial charge in [-0.15, -0.1) is 0 Å². The minimum absolute atomic E-state index is 0.00215. The van der Waals surface area contributed by atoms with Crippen LogP contribution in [0.25, 0.3) is 0 Å². The van der Waals surface area contributed by atoms with Crippen LogP contribution in [0.3, 0.4) is 0 Å². The second-order valence-corrected chi connectivity index (χ2v) is 7.83. The van der Waals surface area contributed by atoms with E-state index in [0.717, 1.165) is 29.5 Å². The summed E-state index contributed by atoms with van der Waals surface area (Å²) in [5.41, 5.74) is 4.49. The summed E-state index contributed by atoms with van der Waals surface area (Å²) in [4.78, 5) is 27.4. The highest BCUT2D eigenvalue weighted by atomic mass is 35.5. The molecule has 1 aliphatic heterocycles. The minimum Gasteiger partial charge on any atom is -0.338 e. The Morgan fingerprint density at radius 1 is 1.07 bits per heavy atom. The number of aryl methyl sites for hydroxylation is 3. The largest absolute Gasteiger partial charge is 0.338 e. The fourth-order valence-corrected chi connectivity index (χ4v) is 3.75. The van der Waals surface area contributed by atoms with Crippen molar-refractivity contribution in [3.05, 3.63) is 63.7 Å². The Hall–Kier alpha value is -2.33. The lowest BCUT2D eigenvalue weighted by Crippen LogP contribution is -2.43. The third-order valence-corrected chi connectivity index (χ3v) is 5.39. The number of likely N-dealkylation sites (tertiary alicyclic amines) is 1. The van der Waals surface area contributed by atoms with Gasteiger partial charge >= 0.3 is 0 Å². The molecule has 2 amide bonds. The number of anilines is 1. The number of benzene rings is 2. The van der Waals surface area contributed by atoms with Crippen molar-refractivity contribution in [3.8, 4) is 0 Å². The molecule has 4 nitrogen and oxygen atoms in total. The molecular formula is C22H25ClN2O2. The topological polar surface area (TPSA) is 49.4 Å². The van der Waals surface area contributed by atoms with Crippen LogP contribution in [-0.2, 0) is 4.79 Å². The number of hydrogen-bond donors (Lipinski definition) is 1. The second kappa shape index (κ2) is 8.13. The van der Waals surface area contributed by atoms with Crippen LogP contribution in [0.1, 0.15) is 39.9 Å². The number of rotatable bonds is 3. The lowest BCUT2D eigenvalue weighted by molar-refractivity contribution is -0.121. The van der Waals surface area contributed by atoms with E-state index in [1.165, 1.54) is 0 Å². The molecule has 0 saturated carbocycles. The van der Waals surface area contributed by atoms with E-state index in [-0.39, 0.29) is 17.7 Å². The number of nitrogens with zero attached hydrogens (tertiary/aromatic N) is 1. The van der Waals surface area contributed by atoms with Crippen LogP contribution in [0.15, 0.2) is 36.4 Å². The van der Waals surface area contributed by atoms with Crippen molar-refractivity contribution in [2.24, 2.45) is 5.92 Å². The molecule has 1 aliphatic rings. The molecule has 0 radical (unpaired) electrons. The van der Waals surface area contributed by atoms with E-state index in [0.29, 0.717) is 29.4 Å². The lowest BCUT2D eigenvalue weighted by atomic mass is 9.96. The zero-order chi connectivity index (χ0) is 19.6. The third-order valence-electron chi connectivity index (χ3n) is 4.99. The Bertz CT molecular complexity index is 858. The van der Waals surface area contributed by atoms with Gasteiger partial charge in [-0.2, -0.15) is 0 Å². The molecule has 0 bridgehead atoms. The molecular weight excluding hydrogens is 360 g/mol. The number of nitrogens with one attached hydrogen (secondary N) is 1. The first-order chi connectivity index (χ1) is 12.8. The molecule has 0 aliphatic carbocycles. The highest BCUT2D eigenvalue weighted by Gasteiger charge is 2.29. The normalized spacial score (nSPS) is 16.9. The van der Waals surface area contributed by atoms with Gasteiger partial charge in [-0.1, -0.05) is 34.9 Å². The summed E-state index contributed by atoms with van der Waals surface area (Å²) in [6.45, 7) is 7.03. The van der Waals surface area contributed by atoms with Gasteiger partial charge in [0.05, 0.1) is 5.92 Å². The van der Waals surface area contributed by atoms with Crippen LogP contribution < -0.4 is 5.32 Å². The lowest BCUT2D eigenvalue weighted by Gasteiger charge is -2.32. The van der Waals surface area contributed by atoms with E-state index < -0.39 is 0 Å². The molecule has 0 aromatic heterocycles. The number of hydrogen-bond acceptors (Lipinski definition) is 2. The van der Waals surface area contributed by atoms with Gasteiger partial charge in [0.25, 0.3) is 5.91 Å². The molecule has 142 valence electrons. The van der Waals surface area contributed by atoms with Crippen LogP contribution in [0, 0.1) is 26.7 Å². The number of carbonyl (C=O) groups excluding carboxylic acids is 2. The predicted octanol–water partition coefficient (Wildman–Crippen LogP) is 4.76. The SMILES string of the molecule is Cc1cc(C)cc(C(=O)N2CCCC(C(=O)Nc3ccc(C)c(Cl)c3)C2)c1. The van der Waals surface area contributed by atoms with Gasteiger partial charge in [0.1, 0.15) is 0 Å². The molecule has 0 spiro atoms. The monoisotopic (exact) mass is 384 g/mol. The minimum atomic E-state index is -0.214. The molecule has 3 rings (SSSR count). The molecule has 1 saturated heterocycles. The summed E-state index contributed by atoms with van der Waals surface area (Å²) in [6, 6.07) is 11.4. The number of halogens is 1. The summed E-state index contributed by atoms with van der Waals surface area (Å²) in [6.07, 6.45) is 1.60. The number of piperidine rings is 1. The van der Waals surface area contributed by atoms with E-state index in [4.69, 9.17) is 11.6 Å². The second-order valence-electron chi connectivity index (χ2n) is 7.42.